The second kappa shape index (κ2) is 12.9. The van der Waals surface area contributed by atoms with Crippen molar-refractivity contribution in [1.29, 1.82) is 0 Å². The number of amides is 2. The highest BCUT2D eigenvalue weighted by molar-refractivity contribution is 5.89. The predicted molar refractivity (Wildman–Crippen MR) is 175 cm³/mol. The molecule has 1 N–H and O–H groups in total. The number of hydrogen-bond acceptors (Lipinski definition) is 8. The fraction of sp³-hybridized carbons (Fsp3) is 0.529. The average Bonchev–Trinajstić information content (AvgIpc) is 3.75. The minimum absolute atomic E-state index is 0.0957. The highest BCUT2D eigenvalue weighted by Crippen LogP contribution is 2.28. The van der Waals surface area contributed by atoms with E-state index in [0.29, 0.717) is 32.6 Å². The molecule has 1 atom stereocenters. The van der Waals surface area contributed by atoms with Crippen LogP contribution in [0.1, 0.15) is 52.0 Å². The molecule has 0 saturated carbocycles. The Morgan fingerprint density at radius 3 is 2.05 bits per heavy atom. The van der Waals surface area contributed by atoms with E-state index in [2.05, 4.69) is 44.3 Å². The summed E-state index contributed by atoms with van der Waals surface area (Å²) in [6.45, 7) is 11.9. The molecule has 3 aromatic rings. The van der Waals surface area contributed by atoms with Gasteiger partial charge >= 0.3 is 6.09 Å². The van der Waals surface area contributed by atoms with Gasteiger partial charge in [0.1, 0.15) is 23.3 Å². The van der Waals surface area contributed by atoms with Crippen molar-refractivity contribution in [3.05, 3.63) is 54.1 Å². The highest BCUT2D eigenvalue weighted by Gasteiger charge is 2.32. The summed E-state index contributed by atoms with van der Waals surface area (Å²) < 4.78 is 5.56. The lowest BCUT2D eigenvalue weighted by molar-refractivity contribution is -0.133. The molecule has 0 spiro atoms. The van der Waals surface area contributed by atoms with Crippen LogP contribution in [0.2, 0.25) is 0 Å². The van der Waals surface area contributed by atoms with Crippen molar-refractivity contribution in [3.63, 3.8) is 0 Å². The molecule has 2 amide bonds. The molecule has 44 heavy (non-hydrogen) atoms. The van der Waals surface area contributed by atoms with Crippen molar-refractivity contribution in [1.82, 2.24) is 20.2 Å². The molecule has 2 aromatic carbocycles. The molecule has 3 fully saturated rings. The molecule has 3 aliphatic heterocycles. The normalized spacial score (nSPS) is 18.2. The SMILES string of the molecule is CC(C)(C)OC(=O)N[C@@H](Cc1cccc2ccccc12)C(=O)N1CCN(c2cc(N3CCCC3)nc(N3CCCC3)n2)CC1. The Morgan fingerprint density at radius 2 is 1.39 bits per heavy atom. The molecule has 3 aliphatic rings. The summed E-state index contributed by atoms with van der Waals surface area (Å²) in [5, 5.41) is 5.09. The summed E-state index contributed by atoms with van der Waals surface area (Å²) in [5.41, 5.74) is 0.350. The molecule has 10 heteroatoms. The van der Waals surface area contributed by atoms with E-state index in [9.17, 15) is 9.59 Å². The number of ether oxygens (including phenoxy) is 1. The van der Waals surface area contributed by atoms with E-state index in [-0.39, 0.29) is 5.91 Å². The number of anilines is 3. The number of piperazine rings is 1. The van der Waals surface area contributed by atoms with Gasteiger partial charge in [-0.15, -0.1) is 0 Å². The largest absolute Gasteiger partial charge is 0.444 e. The van der Waals surface area contributed by atoms with E-state index < -0.39 is 17.7 Å². The number of carbonyl (C=O) groups is 2. The Kier molecular flexibility index (Phi) is 8.77. The van der Waals surface area contributed by atoms with E-state index >= 15 is 0 Å². The van der Waals surface area contributed by atoms with Crippen LogP contribution in [0.5, 0.6) is 0 Å². The van der Waals surface area contributed by atoms with Crippen molar-refractivity contribution in [2.75, 3.05) is 67.1 Å². The Morgan fingerprint density at radius 1 is 0.795 bits per heavy atom. The Balaban J connectivity index is 1.19. The molecule has 6 rings (SSSR count). The Bertz CT molecular complexity index is 1430. The van der Waals surface area contributed by atoms with Crippen LogP contribution in [-0.2, 0) is 16.0 Å². The van der Waals surface area contributed by atoms with Gasteiger partial charge in [0.15, 0.2) is 0 Å². The average molecular weight is 600 g/mol. The maximum atomic E-state index is 14.0. The van der Waals surface area contributed by atoms with E-state index in [1.54, 1.807) is 0 Å². The number of rotatable bonds is 7. The van der Waals surface area contributed by atoms with Crippen molar-refractivity contribution >= 4 is 40.4 Å². The molecule has 234 valence electrons. The van der Waals surface area contributed by atoms with Gasteiger partial charge in [-0.2, -0.15) is 9.97 Å². The quantitative estimate of drug-likeness (QED) is 0.421. The van der Waals surface area contributed by atoms with Crippen LogP contribution in [0.4, 0.5) is 22.4 Å². The first kappa shape index (κ1) is 30.0. The van der Waals surface area contributed by atoms with Crippen molar-refractivity contribution in [2.24, 2.45) is 0 Å². The summed E-state index contributed by atoms with van der Waals surface area (Å²) in [6.07, 6.45) is 4.52. The zero-order valence-electron chi connectivity index (χ0n) is 26.3. The molecule has 3 saturated heterocycles. The first-order chi connectivity index (χ1) is 21.2. The van der Waals surface area contributed by atoms with Crippen LogP contribution in [0.25, 0.3) is 10.8 Å². The lowest BCUT2D eigenvalue weighted by Gasteiger charge is -2.37. The van der Waals surface area contributed by atoms with Crippen LogP contribution < -0.4 is 20.0 Å². The third-order valence-electron chi connectivity index (χ3n) is 8.71. The summed E-state index contributed by atoms with van der Waals surface area (Å²) in [7, 11) is 0. The van der Waals surface area contributed by atoms with Crippen LogP contribution >= 0.6 is 0 Å². The number of alkyl carbamates (subject to hydrolysis) is 1. The van der Waals surface area contributed by atoms with Crippen molar-refractivity contribution in [2.45, 2.75) is 64.5 Å². The van der Waals surface area contributed by atoms with Gasteiger partial charge in [0.05, 0.1) is 0 Å². The summed E-state index contributed by atoms with van der Waals surface area (Å²) >= 11 is 0. The minimum atomic E-state index is -0.746. The maximum absolute atomic E-state index is 14.0. The zero-order valence-corrected chi connectivity index (χ0v) is 26.3. The van der Waals surface area contributed by atoms with Crippen LogP contribution in [0, 0.1) is 0 Å². The first-order valence-corrected chi connectivity index (χ1v) is 16.1. The molecule has 0 aliphatic carbocycles. The van der Waals surface area contributed by atoms with Gasteiger partial charge in [0, 0.05) is 64.8 Å². The van der Waals surface area contributed by atoms with Gasteiger partial charge in [0.2, 0.25) is 11.9 Å². The monoisotopic (exact) mass is 599 g/mol. The first-order valence-electron chi connectivity index (χ1n) is 16.1. The number of aromatic nitrogens is 2. The number of nitrogens with one attached hydrogen (secondary N) is 1. The third kappa shape index (κ3) is 7.00. The predicted octanol–water partition coefficient (Wildman–Crippen LogP) is 4.61. The standard InChI is InChI=1S/C34H45N7O3/c1-34(2,3)44-33(43)35-28(23-26-13-10-12-25-11-4-5-14-27(25)26)31(42)40-21-19-39(20-22-40)30-24-29(38-15-6-7-16-38)36-32(37-30)41-17-8-9-18-41/h4-5,10-14,24,28H,6-9,15-23H2,1-3H3,(H,35,43)/t28-/m0/s1. The van der Waals surface area contributed by atoms with Crippen LogP contribution in [0.3, 0.4) is 0 Å². The molecular formula is C34H45N7O3. The summed E-state index contributed by atoms with van der Waals surface area (Å²) in [6, 6.07) is 15.6. The van der Waals surface area contributed by atoms with Gasteiger partial charge in [-0.05, 0) is 62.8 Å². The number of carbonyl (C=O) groups excluding carboxylic acids is 2. The topological polar surface area (TPSA) is 94.1 Å². The molecule has 0 radical (unpaired) electrons. The lowest BCUT2D eigenvalue weighted by Crippen LogP contribution is -2.56. The zero-order chi connectivity index (χ0) is 30.7. The summed E-state index contributed by atoms with van der Waals surface area (Å²) in [4.78, 5) is 45.7. The van der Waals surface area contributed by atoms with Gasteiger partial charge in [-0.1, -0.05) is 42.5 Å². The van der Waals surface area contributed by atoms with Crippen LogP contribution in [-0.4, -0.2) is 90.9 Å². The third-order valence-corrected chi connectivity index (χ3v) is 8.71. The molecule has 10 nitrogen and oxygen atoms in total. The molecule has 0 bridgehead atoms. The Labute approximate surface area is 260 Å². The molecule has 1 aromatic heterocycles. The van der Waals surface area contributed by atoms with E-state index in [1.165, 1.54) is 25.7 Å². The minimum Gasteiger partial charge on any atom is -0.444 e. The van der Waals surface area contributed by atoms with Crippen molar-refractivity contribution < 1.29 is 14.3 Å². The molecular weight excluding hydrogens is 554 g/mol. The van der Waals surface area contributed by atoms with E-state index in [1.807, 2.05) is 49.9 Å². The van der Waals surface area contributed by atoms with Gasteiger partial charge < -0.3 is 29.7 Å². The number of hydrogen-bond donors (Lipinski definition) is 1. The lowest BCUT2D eigenvalue weighted by atomic mass is 9.98. The fourth-order valence-corrected chi connectivity index (χ4v) is 6.46. The second-order valence-electron chi connectivity index (χ2n) is 13.1. The molecule has 0 unspecified atom stereocenters. The van der Waals surface area contributed by atoms with Gasteiger partial charge in [-0.3, -0.25) is 4.79 Å². The fourth-order valence-electron chi connectivity index (χ4n) is 6.46. The van der Waals surface area contributed by atoms with Crippen LogP contribution in [0.15, 0.2) is 48.5 Å². The summed E-state index contributed by atoms with van der Waals surface area (Å²) in [5.74, 6) is 2.65. The van der Waals surface area contributed by atoms with E-state index in [4.69, 9.17) is 14.7 Å². The van der Waals surface area contributed by atoms with E-state index in [0.717, 1.165) is 60.1 Å². The maximum Gasteiger partial charge on any atom is 0.408 e. The van der Waals surface area contributed by atoms with Gasteiger partial charge in [0.25, 0.3) is 0 Å². The molecule has 4 heterocycles. The highest BCUT2D eigenvalue weighted by atomic mass is 16.6. The Hall–Kier alpha value is -4.08. The number of fused-ring (bicyclic) bond motifs is 1. The number of benzene rings is 2. The van der Waals surface area contributed by atoms with Crippen molar-refractivity contribution in [3.8, 4) is 0 Å². The second-order valence-corrected chi connectivity index (χ2v) is 13.1. The number of nitrogens with zero attached hydrogens (tertiary/aromatic N) is 6. The van der Waals surface area contributed by atoms with Gasteiger partial charge in [-0.25, -0.2) is 4.79 Å². The smallest absolute Gasteiger partial charge is 0.408 e.